The summed E-state index contributed by atoms with van der Waals surface area (Å²) < 4.78 is 13.0. The molecule has 0 atom stereocenters. The van der Waals surface area contributed by atoms with E-state index in [0.29, 0.717) is 0 Å². The van der Waals surface area contributed by atoms with Gasteiger partial charge in [0.2, 0.25) is 5.95 Å². The zero-order chi connectivity index (χ0) is 13.9. The first-order valence-corrected chi connectivity index (χ1v) is 5.48. The van der Waals surface area contributed by atoms with Crippen molar-refractivity contribution >= 4 is 11.9 Å². The molecule has 5 nitrogen and oxygen atoms in total. The lowest BCUT2D eigenvalue weighted by atomic mass is 10.0. The maximum absolute atomic E-state index is 13.0. The average molecular weight is 254 g/mol. The number of carbonyl (C=O) groups is 2. The summed E-state index contributed by atoms with van der Waals surface area (Å²) in [5, 5.41) is 9.10. The van der Waals surface area contributed by atoms with Crippen LogP contribution in [0.25, 0.3) is 0 Å². The Morgan fingerprint density at radius 2 is 2.06 bits per heavy atom. The molecule has 0 aliphatic carbocycles. The van der Waals surface area contributed by atoms with Crippen molar-refractivity contribution in [2.75, 3.05) is 6.54 Å². The Kier molecular flexibility index (Phi) is 4.00. The zero-order valence-corrected chi connectivity index (χ0v) is 10.5. The number of rotatable bonds is 4. The van der Waals surface area contributed by atoms with Gasteiger partial charge in [0.05, 0.1) is 0 Å². The number of aliphatic carboxylic acids is 1. The maximum Gasteiger partial charge on any atom is 0.329 e. The largest absolute Gasteiger partial charge is 0.480 e. The van der Waals surface area contributed by atoms with Gasteiger partial charge >= 0.3 is 5.97 Å². The molecule has 0 spiro atoms. The summed E-state index contributed by atoms with van der Waals surface area (Å²) in [6.07, 6.45) is 0. The number of likely N-dealkylation sites (N-methyl/N-ethyl adjacent to an activating group) is 1. The van der Waals surface area contributed by atoms with Crippen LogP contribution in [0.4, 0.5) is 4.39 Å². The van der Waals surface area contributed by atoms with Crippen molar-refractivity contribution in [3.05, 3.63) is 29.8 Å². The Morgan fingerprint density at radius 1 is 1.44 bits per heavy atom. The van der Waals surface area contributed by atoms with Gasteiger partial charge in [0, 0.05) is 6.54 Å². The summed E-state index contributed by atoms with van der Waals surface area (Å²) >= 11 is 0. The number of carbonyl (C=O) groups excluding carboxylic acids is 1. The summed E-state index contributed by atoms with van der Waals surface area (Å²) in [5.74, 6) is -2.51. The second kappa shape index (κ2) is 5.12. The molecule has 98 valence electrons. The van der Waals surface area contributed by atoms with Crippen LogP contribution in [0, 0.1) is 5.95 Å². The fourth-order valence-electron chi connectivity index (χ4n) is 1.57. The van der Waals surface area contributed by atoms with Crippen molar-refractivity contribution < 1.29 is 19.1 Å². The molecule has 0 saturated carbocycles. The predicted molar refractivity (Wildman–Crippen MR) is 62.6 cm³/mol. The van der Waals surface area contributed by atoms with E-state index in [1.165, 1.54) is 26.0 Å². The van der Waals surface area contributed by atoms with E-state index in [-0.39, 0.29) is 12.2 Å². The molecule has 1 aromatic heterocycles. The van der Waals surface area contributed by atoms with E-state index in [9.17, 15) is 14.0 Å². The number of halogens is 1. The van der Waals surface area contributed by atoms with Crippen LogP contribution in [0.3, 0.4) is 0 Å². The first kappa shape index (κ1) is 14.1. The summed E-state index contributed by atoms with van der Waals surface area (Å²) in [5.41, 5.74) is -1.48. The number of amides is 1. The molecule has 18 heavy (non-hydrogen) atoms. The Morgan fingerprint density at radius 3 is 2.50 bits per heavy atom. The molecule has 1 N–H and O–H groups in total. The number of hydrogen-bond acceptors (Lipinski definition) is 3. The number of carboxylic acids is 1. The molecule has 0 aromatic carbocycles. The Hall–Kier alpha value is -1.98. The summed E-state index contributed by atoms with van der Waals surface area (Å²) in [6.45, 7) is 4.67. The van der Waals surface area contributed by atoms with Crippen molar-refractivity contribution in [1.82, 2.24) is 9.88 Å². The maximum atomic E-state index is 13.0. The Bertz CT molecular complexity index is 474. The minimum Gasteiger partial charge on any atom is -0.480 e. The molecular weight excluding hydrogens is 239 g/mol. The van der Waals surface area contributed by atoms with Crippen molar-refractivity contribution in [1.29, 1.82) is 0 Å². The summed E-state index contributed by atoms with van der Waals surface area (Å²) in [7, 11) is 0. The van der Waals surface area contributed by atoms with Crippen molar-refractivity contribution in [2.45, 2.75) is 26.3 Å². The highest BCUT2D eigenvalue weighted by atomic mass is 19.1. The third-order valence-electron chi connectivity index (χ3n) is 2.69. The molecule has 1 heterocycles. The SMILES string of the molecule is CCN(C(=O)c1cccc(F)n1)C(C)(C)C(=O)O. The minimum absolute atomic E-state index is 0.105. The molecule has 0 fully saturated rings. The van der Waals surface area contributed by atoms with E-state index in [1.54, 1.807) is 6.92 Å². The van der Waals surface area contributed by atoms with Crippen LogP contribution in [-0.4, -0.2) is 39.0 Å². The first-order chi connectivity index (χ1) is 8.30. The van der Waals surface area contributed by atoms with Gasteiger partial charge in [-0.15, -0.1) is 0 Å². The van der Waals surface area contributed by atoms with Crippen LogP contribution in [0.2, 0.25) is 0 Å². The second-order valence-electron chi connectivity index (χ2n) is 4.26. The molecular formula is C12H15FN2O3. The second-order valence-corrected chi connectivity index (χ2v) is 4.26. The number of pyridine rings is 1. The van der Waals surface area contributed by atoms with Crippen LogP contribution >= 0.6 is 0 Å². The van der Waals surface area contributed by atoms with Crippen LogP contribution in [0.15, 0.2) is 18.2 Å². The quantitative estimate of drug-likeness (QED) is 0.827. The van der Waals surface area contributed by atoms with Crippen LogP contribution in [0.5, 0.6) is 0 Å². The van der Waals surface area contributed by atoms with Crippen molar-refractivity contribution in [3.8, 4) is 0 Å². The van der Waals surface area contributed by atoms with Gasteiger partial charge in [-0.1, -0.05) is 6.07 Å². The summed E-state index contributed by atoms with van der Waals surface area (Å²) in [4.78, 5) is 27.8. The molecule has 1 amide bonds. The van der Waals surface area contributed by atoms with Crippen LogP contribution in [0.1, 0.15) is 31.3 Å². The minimum atomic E-state index is -1.38. The van der Waals surface area contributed by atoms with Gasteiger partial charge in [0.1, 0.15) is 11.2 Å². The van der Waals surface area contributed by atoms with E-state index in [4.69, 9.17) is 5.11 Å². The highest BCUT2D eigenvalue weighted by Gasteiger charge is 2.37. The standard InChI is InChI=1S/C12H15FN2O3/c1-4-15(12(2,3)11(17)18)10(16)8-6-5-7-9(13)14-8/h5-7H,4H2,1-3H3,(H,17,18). The molecule has 0 bridgehead atoms. The molecule has 0 unspecified atom stereocenters. The van der Waals surface area contributed by atoms with E-state index in [1.807, 2.05) is 0 Å². The normalized spacial score (nSPS) is 11.1. The number of aromatic nitrogens is 1. The smallest absolute Gasteiger partial charge is 0.329 e. The van der Waals surface area contributed by atoms with Crippen LogP contribution < -0.4 is 0 Å². The topological polar surface area (TPSA) is 70.5 Å². The molecule has 0 saturated heterocycles. The summed E-state index contributed by atoms with van der Waals surface area (Å²) in [6, 6.07) is 3.83. The van der Waals surface area contributed by atoms with Gasteiger partial charge in [-0.25, -0.2) is 9.78 Å². The van der Waals surface area contributed by atoms with E-state index >= 15 is 0 Å². The third-order valence-corrected chi connectivity index (χ3v) is 2.69. The van der Waals surface area contributed by atoms with Gasteiger partial charge in [0.15, 0.2) is 0 Å². The van der Waals surface area contributed by atoms with Crippen molar-refractivity contribution in [2.24, 2.45) is 0 Å². The van der Waals surface area contributed by atoms with Gasteiger partial charge in [-0.05, 0) is 32.9 Å². The molecule has 0 aliphatic heterocycles. The average Bonchev–Trinajstić information content (AvgIpc) is 2.29. The first-order valence-electron chi connectivity index (χ1n) is 5.48. The molecule has 0 aliphatic rings. The van der Waals surface area contributed by atoms with Gasteiger partial charge < -0.3 is 10.0 Å². The number of nitrogens with zero attached hydrogens (tertiary/aromatic N) is 2. The monoisotopic (exact) mass is 254 g/mol. The molecule has 1 aromatic rings. The number of hydrogen-bond donors (Lipinski definition) is 1. The lowest BCUT2D eigenvalue weighted by Crippen LogP contribution is -2.53. The highest BCUT2D eigenvalue weighted by Crippen LogP contribution is 2.17. The fourth-order valence-corrected chi connectivity index (χ4v) is 1.57. The van der Waals surface area contributed by atoms with E-state index < -0.39 is 23.4 Å². The van der Waals surface area contributed by atoms with Gasteiger partial charge in [0.25, 0.3) is 5.91 Å². The van der Waals surface area contributed by atoms with Crippen LogP contribution in [-0.2, 0) is 4.79 Å². The van der Waals surface area contributed by atoms with Crippen molar-refractivity contribution in [3.63, 3.8) is 0 Å². The van der Waals surface area contributed by atoms with Gasteiger partial charge in [-0.3, -0.25) is 4.79 Å². The number of carboxylic acid groups (broad SMARTS) is 1. The Labute approximate surface area is 104 Å². The zero-order valence-electron chi connectivity index (χ0n) is 10.5. The fraction of sp³-hybridized carbons (Fsp3) is 0.417. The lowest BCUT2D eigenvalue weighted by molar-refractivity contribution is -0.147. The van der Waals surface area contributed by atoms with Gasteiger partial charge in [-0.2, -0.15) is 4.39 Å². The molecule has 6 heteroatoms. The molecule has 1 rings (SSSR count). The van der Waals surface area contributed by atoms with E-state index in [2.05, 4.69) is 4.98 Å². The third kappa shape index (κ3) is 2.64. The molecule has 0 radical (unpaired) electrons. The highest BCUT2D eigenvalue weighted by molar-refractivity contribution is 5.96. The Balaban J connectivity index is 3.11. The predicted octanol–water partition coefficient (Wildman–Crippen LogP) is 1.55. The van der Waals surface area contributed by atoms with E-state index in [0.717, 1.165) is 11.0 Å². The lowest BCUT2D eigenvalue weighted by Gasteiger charge is -2.33.